The van der Waals surface area contributed by atoms with Crippen LogP contribution in [0.2, 0.25) is 0 Å². The summed E-state index contributed by atoms with van der Waals surface area (Å²) in [6.07, 6.45) is 7.77. The van der Waals surface area contributed by atoms with Gasteiger partial charge in [0.05, 0.1) is 35.6 Å². The zero-order valence-electron chi connectivity index (χ0n) is 16.5. The molecule has 0 bridgehead atoms. The van der Waals surface area contributed by atoms with Gasteiger partial charge in [-0.15, -0.1) is 0 Å². The molecule has 29 heavy (non-hydrogen) atoms. The summed E-state index contributed by atoms with van der Waals surface area (Å²) < 4.78 is 6.24. The zero-order valence-corrected chi connectivity index (χ0v) is 16.5. The van der Waals surface area contributed by atoms with Crippen molar-refractivity contribution in [3.05, 3.63) is 65.4 Å². The number of carbonyl (C=O) groups is 1. The predicted molar refractivity (Wildman–Crippen MR) is 115 cm³/mol. The van der Waals surface area contributed by atoms with Gasteiger partial charge in [-0.3, -0.25) is 4.79 Å². The fraction of sp³-hybridized carbons (Fsp3) is 0.375. The molecule has 1 saturated carbocycles. The van der Waals surface area contributed by atoms with Crippen LogP contribution in [-0.4, -0.2) is 18.6 Å². The topological polar surface area (TPSA) is 62.4 Å². The second-order valence-electron chi connectivity index (χ2n) is 8.12. The molecule has 1 unspecified atom stereocenters. The molecule has 0 spiro atoms. The highest BCUT2D eigenvalue weighted by Crippen LogP contribution is 2.38. The smallest absolute Gasteiger partial charge is 0.251 e. The maximum atomic E-state index is 12.6. The number of para-hydroxylation sites is 2. The van der Waals surface area contributed by atoms with Crippen LogP contribution in [0.15, 0.2) is 59.8 Å². The molecule has 5 heteroatoms. The first-order valence-electron chi connectivity index (χ1n) is 10.7. The van der Waals surface area contributed by atoms with Crippen LogP contribution >= 0.6 is 0 Å². The summed E-state index contributed by atoms with van der Waals surface area (Å²) in [5.74, 6) is 0.898. The number of benzene rings is 2. The van der Waals surface area contributed by atoms with Gasteiger partial charge >= 0.3 is 0 Å². The lowest BCUT2D eigenvalue weighted by atomic mass is 9.97. The Morgan fingerprint density at radius 3 is 2.34 bits per heavy atom. The molecule has 5 nitrogen and oxygen atoms in total. The van der Waals surface area contributed by atoms with Crippen molar-refractivity contribution in [2.45, 2.75) is 50.7 Å². The van der Waals surface area contributed by atoms with Crippen molar-refractivity contribution in [1.29, 1.82) is 0 Å². The van der Waals surface area contributed by atoms with Crippen molar-refractivity contribution < 1.29 is 9.53 Å². The Morgan fingerprint density at radius 2 is 1.59 bits per heavy atom. The van der Waals surface area contributed by atoms with Gasteiger partial charge in [-0.2, -0.15) is 0 Å². The molecule has 3 N–H and O–H groups in total. The van der Waals surface area contributed by atoms with Crippen molar-refractivity contribution >= 4 is 17.3 Å². The summed E-state index contributed by atoms with van der Waals surface area (Å²) in [7, 11) is 0. The summed E-state index contributed by atoms with van der Waals surface area (Å²) in [6, 6.07) is 16.1. The van der Waals surface area contributed by atoms with Crippen LogP contribution in [0.25, 0.3) is 0 Å². The first-order chi connectivity index (χ1) is 14.3. The molecule has 1 atom stereocenters. The maximum absolute atomic E-state index is 12.6. The number of hydrogen-bond acceptors (Lipinski definition) is 4. The molecule has 0 radical (unpaired) electrons. The Labute approximate surface area is 171 Å². The van der Waals surface area contributed by atoms with Crippen LogP contribution in [0.3, 0.4) is 0 Å². The Hall–Kier alpha value is -2.95. The number of amides is 1. The Morgan fingerprint density at radius 1 is 0.862 bits per heavy atom. The summed E-state index contributed by atoms with van der Waals surface area (Å²) in [6.45, 7) is 0.531. The third kappa shape index (κ3) is 3.69. The Balaban J connectivity index is 1.41. The number of ether oxygens (including phenoxy) is 1. The summed E-state index contributed by atoms with van der Waals surface area (Å²) in [4.78, 5) is 12.6. The van der Waals surface area contributed by atoms with Gasteiger partial charge in [0.25, 0.3) is 5.91 Å². The van der Waals surface area contributed by atoms with Crippen molar-refractivity contribution in [3.8, 4) is 5.75 Å². The minimum Gasteiger partial charge on any atom is -0.490 e. The number of anilines is 2. The highest BCUT2D eigenvalue weighted by Gasteiger charge is 2.33. The first-order valence-corrected chi connectivity index (χ1v) is 10.7. The van der Waals surface area contributed by atoms with Gasteiger partial charge in [0.2, 0.25) is 0 Å². The molecule has 1 amide bonds. The second-order valence-corrected chi connectivity index (χ2v) is 8.12. The average Bonchev–Trinajstić information content (AvgIpc) is 2.92. The van der Waals surface area contributed by atoms with Gasteiger partial charge in [-0.1, -0.05) is 37.1 Å². The minimum atomic E-state index is -0.199. The maximum Gasteiger partial charge on any atom is 0.251 e. The van der Waals surface area contributed by atoms with Crippen molar-refractivity contribution in [2.24, 2.45) is 0 Å². The monoisotopic (exact) mass is 389 g/mol. The molecule has 2 aromatic rings. The van der Waals surface area contributed by atoms with E-state index in [1.165, 1.54) is 25.7 Å². The van der Waals surface area contributed by atoms with E-state index in [9.17, 15) is 4.79 Å². The van der Waals surface area contributed by atoms with E-state index in [2.05, 4.69) is 28.1 Å². The lowest BCUT2D eigenvalue weighted by Gasteiger charge is -2.21. The summed E-state index contributed by atoms with van der Waals surface area (Å²) >= 11 is 0. The van der Waals surface area contributed by atoms with Crippen LogP contribution in [0.1, 0.15) is 50.1 Å². The largest absolute Gasteiger partial charge is 0.490 e. The van der Waals surface area contributed by atoms with E-state index >= 15 is 0 Å². The number of fused-ring (bicyclic) bond motifs is 1. The van der Waals surface area contributed by atoms with Crippen molar-refractivity contribution in [2.75, 3.05) is 17.2 Å². The van der Waals surface area contributed by atoms with Crippen LogP contribution in [0.4, 0.5) is 11.4 Å². The van der Waals surface area contributed by atoms with Crippen LogP contribution in [-0.2, 0) is 4.79 Å². The molecule has 2 aromatic carbocycles. The molecular formula is C24H27N3O2. The quantitative estimate of drug-likeness (QED) is 0.663. The molecule has 0 saturated heterocycles. The highest BCUT2D eigenvalue weighted by molar-refractivity contribution is 6.00. The van der Waals surface area contributed by atoms with E-state index in [0.717, 1.165) is 46.8 Å². The van der Waals surface area contributed by atoms with E-state index in [4.69, 9.17) is 4.74 Å². The van der Waals surface area contributed by atoms with E-state index in [0.29, 0.717) is 12.6 Å². The molecule has 3 aliphatic rings. The molecular weight excluding hydrogens is 362 g/mol. The van der Waals surface area contributed by atoms with Crippen molar-refractivity contribution in [3.63, 3.8) is 0 Å². The lowest BCUT2D eigenvalue weighted by Crippen LogP contribution is -2.24. The van der Waals surface area contributed by atoms with Gasteiger partial charge < -0.3 is 20.7 Å². The average molecular weight is 389 g/mol. The SMILES string of the molecule is O=C1NCC2=C1C(c1ccc(OC3CCCCCC3)cc1)Nc1ccccc1N2. The normalized spacial score (nSPS) is 21.8. The molecule has 1 fully saturated rings. The standard InChI is InChI=1S/C24H27N3O2/c28-24-22-21(15-25-24)26-19-9-5-6-10-20(19)27-23(22)16-11-13-18(14-12-16)29-17-7-3-1-2-4-8-17/h5-6,9-14,17,23,26-27H,1-4,7-8,15H2,(H,25,28). The minimum absolute atomic E-state index is 0.0170. The third-order valence-corrected chi connectivity index (χ3v) is 6.11. The van der Waals surface area contributed by atoms with Crippen molar-refractivity contribution in [1.82, 2.24) is 5.32 Å². The summed E-state index contributed by atoms with van der Waals surface area (Å²) in [5, 5.41) is 9.95. The number of hydrogen-bond donors (Lipinski definition) is 3. The fourth-order valence-corrected chi connectivity index (χ4v) is 4.56. The predicted octanol–water partition coefficient (Wildman–Crippen LogP) is 4.75. The lowest BCUT2D eigenvalue weighted by molar-refractivity contribution is -0.116. The Bertz CT molecular complexity index is 927. The summed E-state index contributed by atoms with van der Waals surface area (Å²) in [5.41, 5.74) is 4.75. The van der Waals surface area contributed by atoms with Gasteiger partial charge in [0.1, 0.15) is 5.75 Å². The number of rotatable bonds is 3. The molecule has 1 aliphatic carbocycles. The fourth-order valence-electron chi connectivity index (χ4n) is 4.56. The van der Waals surface area contributed by atoms with Gasteiger partial charge in [-0.25, -0.2) is 0 Å². The first kappa shape index (κ1) is 18.1. The van der Waals surface area contributed by atoms with Gasteiger partial charge in [-0.05, 0) is 55.5 Å². The number of nitrogens with one attached hydrogen (secondary N) is 3. The zero-order chi connectivity index (χ0) is 19.6. The van der Waals surface area contributed by atoms with E-state index in [1.807, 2.05) is 36.4 Å². The van der Waals surface area contributed by atoms with E-state index in [1.54, 1.807) is 0 Å². The Kier molecular flexibility index (Phi) is 4.88. The molecule has 2 heterocycles. The van der Waals surface area contributed by atoms with E-state index < -0.39 is 0 Å². The van der Waals surface area contributed by atoms with Crippen LogP contribution in [0, 0.1) is 0 Å². The number of carbonyl (C=O) groups excluding carboxylic acids is 1. The molecule has 150 valence electrons. The molecule has 2 aliphatic heterocycles. The van der Waals surface area contributed by atoms with Gasteiger partial charge in [0.15, 0.2) is 0 Å². The van der Waals surface area contributed by atoms with Gasteiger partial charge in [0, 0.05) is 5.70 Å². The van der Waals surface area contributed by atoms with E-state index in [-0.39, 0.29) is 11.9 Å². The highest BCUT2D eigenvalue weighted by atomic mass is 16.5. The molecule has 5 rings (SSSR count). The molecule has 0 aromatic heterocycles. The second kappa shape index (κ2) is 7.82. The van der Waals surface area contributed by atoms with Crippen LogP contribution in [0.5, 0.6) is 5.75 Å². The van der Waals surface area contributed by atoms with Crippen LogP contribution < -0.4 is 20.7 Å². The third-order valence-electron chi connectivity index (χ3n) is 6.11.